The molecule has 8 heteroatoms. The van der Waals surface area contributed by atoms with Crippen molar-refractivity contribution in [1.29, 1.82) is 0 Å². The summed E-state index contributed by atoms with van der Waals surface area (Å²) in [6, 6.07) is 9.56. The van der Waals surface area contributed by atoms with Gasteiger partial charge in [0, 0.05) is 18.1 Å². The van der Waals surface area contributed by atoms with E-state index in [-0.39, 0.29) is 24.7 Å². The maximum atomic E-state index is 12.5. The number of hydrogen-bond donors (Lipinski definition) is 0. The van der Waals surface area contributed by atoms with Gasteiger partial charge in [-0.1, -0.05) is 46.4 Å². The molecule has 0 atom stereocenters. The molecule has 0 saturated carbocycles. The highest BCUT2D eigenvalue weighted by Crippen LogP contribution is 2.24. The van der Waals surface area contributed by atoms with Gasteiger partial charge in [0.1, 0.15) is 12.4 Å². The summed E-state index contributed by atoms with van der Waals surface area (Å²) in [6.45, 7) is 2.08. The van der Waals surface area contributed by atoms with E-state index in [0.29, 0.717) is 31.2 Å². The molecule has 0 radical (unpaired) electrons. The third-order valence-electron chi connectivity index (χ3n) is 4.37. The fraction of sp³-hybridized carbons (Fsp3) is 0.150. The Kier molecular flexibility index (Phi) is 6.46. The summed E-state index contributed by atoms with van der Waals surface area (Å²) in [5.74, 6) is 0.544. The first-order chi connectivity index (χ1) is 13.3. The maximum Gasteiger partial charge on any atom is 0.254 e. The highest BCUT2D eigenvalue weighted by Gasteiger charge is 2.20. The first kappa shape index (κ1) is 20.9. The minimum Gasteiger partial charge on any atom is -0.290 e. The van der Waals surface area contributed by atoms with Crippen molar-refractivity contribution in [3.05, 3.63) is 85.8 Å². The molecule has 0 aliphatic heterocycles. The lowest BCUT2D eigenvalue weighted by molar-refractivity contribution is -0.688. The topological polar surface area (TPSA) is 43.0 Å². The van der Waals surface area contributed by atoms with Crippen molar-refractivity contribution < 1.29 is 14.2 Å². The van der Waals surface area contributed by atoms with Crippen LogP contribution in [0.1, 0.15) is 26.5 Å². The van der Waals surface area contributed by atoms with Gasteiger partial charge >= 0.3 is 0 Å². The molecule has 0 amide bonds. The van der Waals surface area contributed by atoms with Crippen LogP contribution in [0.15, 0.2) is 48.8 Å². The quantitative estimate of drug-likeness (QED) is 0.365. The zero-order valence-electron chi connectivity index (χ0n) is 14.8. The van der Waals surface area contributed by atoms with Gasteiger partial charge in [0.25, 0.3) is 5.82 Å². The first-order valence-corrected chi connectivity index (χ1v) is 9.79. The van der Waals surface area contributed by atoms with E-state index in [1.165, 1.54) is 0 Å². The highest BCUT2D eigenvalue weighted by atomic mass is 35.5. The molecule has 1 heterocycles. The number of aromatic nitrogens is 2. The number of hydrogen-bond acceptors (Lipinski definition) is 2. The number of rotatable bonds is 6. The average molecular weight is 457 g/mol. The average Bonchev–Trinajstić information content (AvgIpc) is 2.99. The van der Waals surface area contributed by atoms with Crippen LogP contribution in [0.3, 0.4) is 0 Å². The molecular weight excluding hydrogens is 442 g/mol. The Labute approximate surface area is 182 Å². The molecule has 1 aromatic heterocycles. The molecule has 0 bridgehead atoms. The van der Waals surface area contributed by atoms with Gasteiger partial charge in [0.2, 0.25) is 11.6 Å². The van der Waals surface area contributed by atoms with Crippen LogP contribution in [0.2, 0.25) is 20.1 Å². The zero-order chi connectivity index (χ0) is 20.4. The summed E-state index contributed by atoms with van der Waals surface area (Å²) in [5, 5.41) is 1.46. The van der Waals surface area contributed by atoms with Crippen molar-refractivity contribution in [2.45, 2.75) is 20.0 Å². The Balaban J connectivity index is 1.74. The van der Waals surface area contributed by atoms with Gasteiger partial charge in [-0.05, 0) is 36.4 Å². The molecule has 28 heavy (non-hydrogen) atoms. The summed E-state index contributed by atoms with van der Waals surface area (Å²) < 4.78 is 3.54. The minimum absolute atomic E-state index is 0.111. The molecule has 3 rings (SSSR count). The van der Waals surface area contributed by atoms with Crippen molar-refractivity contribution in [3.8, 4) is 0 Å². The zero-order valence-corrected chi connectivity index (χ0v) is 17.8. The lowest BCUT2D eigenvalue weighted by atomic mass is 10.1. The molecule has 144 valence electrons. The van der Waals surface area contributed by atoms with E-state index in [9.17, 15) is 9.59 Å². The molecule has 3 aromatic rings. The molecule has 0 N–H and O–H groups in total. The van der Waals surface area contributed by atoms with Gasteiger partial charge < -0.3 is 0 Å². The summed E-state index contributed by atoms with van der Waals surface area (Å²) in [6.07, 6.45) is 3.51. The highest BCUT2D eigenvalue weighted by molar-refractivity contribution is 6.42. The minimum atomic E-state index is -0.111. The molecular formula is C20H15Cl4N2O2+. The molecule has 0 aliphatic rings. The van der Waals surface area contributed by atoms with Crippen LogP contribution in [0.4, 0.5) is 0 Å². The van der Waals surface area contributed by atoms with Crippen molar-refractivity contribution >= 4 is 58.0 Å². The fourth-order valence-electron chi connectivity index (χ4n) is 2.71. The first-order valence-electron chi connectivity index (χ1n) is 8.28. The van der Waals surface area contributed by atoms with Crippen molar-refractivity contribution in [1.82, 2.24) is 4.57 Å². The standard InChI is InChI=1S/C20H15Cl4N2O2/c1-12-25(10-19(27)13-2-4-15(21)17(23)8-13)6-7-26(12)11-20(28)14-3-5-16(22)18(24)9-14/h2-9H,10-11H2,1H3/q+1. The van der Waals surface area contributed by atoms with E-state index < -0.39 is 0 Å². The van der Waals surface area contributed by atoms with E-state index in [4.69, 9.17) is 46.4 Å². The SMILES string of the molecule is Cc1n(CC(=O)c2ccc(Cl)c(Cl)c2)cc[n+]1CC(=O)c1ccc(Cl)c(Cl)c1. The van der Waals surface area contributed by atoms with Crippen molar-refractivity contribution in [3.63, 3.8) is 0 Å². The summed E-state index contributed by atoms with van der Waals surface area (Å²) >= 11 is 23.7. The largest absolute Gasteiger partial charge is 0.290 e. The molecule has 0 aliphatic carbocycles. The number of halogens is 4. The second kappa shape index (κ2) is 8.66. The third kappa shape index (κ3) is 4.58. The Morgan fingerprint density at radius 2 is 1.39 bits per heavy atom. The smallest absolute Gasteiger partial charge is 0.254 e. The molecule has 0 saturated heterocycles. The van der Waals surface area contributed by atoms with E-state index in [1.807, 2.05) is 6.92 Å². The maximum absolute atomic E-state index is 12.5. The molecule has 4 nitrogen and oxygen atoms in total. The van der Waals surface area contributed by atoms with Crippen LogP contribution in [-0.2, 0) is 13.1 Å². The molecule has 2 aromatic carbocycles. The number of ketones is 2. The monoisotopic (exact) mass is 455 g/mol. The van der Waals surface area contributed by atoms with Crippen LogP contribution < -0.4 is 4.57 Å². The predicted molar refractivity (Wildman–Crippen MR) is 111 cm³/mol. The third-order valence-corrected chi connectivity index (χ3v) is 5.85. The number of imidazole rings is 1. The second-order valence-electron chi connectivity index (χ2n) is 6.21. The van der Waals surface area contributed by atoms with E-state index >= 15 is 0 Å². The second-order valence-corrected chi connectivity index (χ2v) is 7.83. The number of Topliss-reactive ketones (excluding diaryl/α,β-unsaturated/α-hetero) is 2. The van der Waals surface area contributed by atoms with Gasteiger partial charge in [-0.3, -0.25) is 9.59 Å². The number of carbonyl (C=O) groups excluding carboxylic acids is 2. The van der Waals surface area contributed by atoms with Crippen LogP contribution >= 0.6 is 46.4 Å². The molecule has 0 unspecified atom stereocenters. The number of nitrogens with zero attached hydrogens (tertiary/aromatic N) is 2. The van der Waals surface area contributed by atoms with Gasteiger partial charge in [-0.15, -0.1) is 0 Å². The number of carbonyl (C=O) groups is 2. The normalized spacial score (nSPS) is 10.9. The van der Waals surface area contributed by atoms with Gasteiger partial charge in [0.15, 0.2) is 13.1 Å². The van der Waals surface area contributed by atoms with Crippen LogP contribution in [-0.4, -0.2) is 16.1 Å². The summed E-state index contributed by atoms with van der Waals surface area (Å²) in [4.78, 5) is 25.1. The van der Waals surface area contributed by atoms with E-state index in [1.54, 1.807) is 57.9 Å². The summed E-state index contributed by atoms with van der Waals surface area (Å²) in [7, 11) is 0. The Bertz CT molecular complexity index is 993. The van der Waals surface area contributed by atoms with Gasteiger partial charge in [-0.2, -0.15) is 0 Å². The van der Waals surface area contributed by atoms with Gasteiger partial charge in [-0.25, -0.2) is 9.13 Å². The predicted octanol–water partition coefficient (Wildman–Crippen LogP) is 5.46. The lowest BCUT2D eigenvalue weighted by Gasteiger charge is -2.04. The summed E-state index contributed by atoms with van der Waals surface area (Å²) in [5.41, 5.74) is 0.946. The molecule has 0 fully saturated rings. The van der Waals surface area contributed by atoms with Crippen molar-refractivity contribution in [2.24, 2.45) is 0 Å². The van der Waals surface area contributed by atoms with Crippen LogP contribution in [0.25, 0.3) is 0 Å². The Hall–Kier alpha value is -1.85. The van der Waals surface area contributed by atoms with E-state index in [2.05, 4.69) is 0 Å². The number of benzene rings is 2. The van der Waals surface area contributed by atoms with Crippen molar-refractivity contribution in [2.75, 3.05) is 0 Å². The molecule has 0 spiro atoms. The van der Waals surface area contributed by atoms with Crippen LogP contribution in [0.5, 0.6) is 0 Å². The Morgan fingerprint density at radius 1 is 0.857 bits per heavy atom. The Morgan fingerprint density at radius 3 is 1.93 bits per heavy atom. The fourth-order valence-corrected chi connectivity index (χ4v) is 3.30. The lowest BCUT2D eigenvalue weighted by Crippen LogP contribution is -2.39. The van der Waals surface area contributed by atoms with Gasteiger partial charge in [0.05, 0.1) is 20.1 Å². The van der Waals surface area contributed by atoms with Crippen LogP contribution in [0, 0.1) is 6.92 Å². The van der Waals surface area contributed by atoms with E-state index in [0.717, 1.165) is 5.82 Å².